The van der Waals surface area contributed by atoms with Crippen LogP contribution < -0.4 is 5.73 Å². The molecule has 0 fully saturated rings. The maximum Gasteiger partial charge on any atom is 0.249 e. The van der Waals surface area contributed by atoms with Gasteiger partial charge in [-0.05, 0) is 24.3 Å². The molecule has 2 rings (SSSR count). The van der Waals surface area contributed by atoms with Gasteiger partial charge in [-0.25, -0.2) is 0 Å². The Labute approximate surface area is 89.1 Å². The van der Waals surface area contributed by atoms with Crippen molar-refractivity contribution in [3.8, 4) is 0 Å². The van der Waals surface area contributed by atoms with Crippen LogP contribution in [0.2, 0.25) is 0 Å². The van der Waals surface area contributed by atoms with Gasteiger partial charge in [0.05, 0.1) is 11.1 Å². The summed E-state index contributed by atoms with van der Waals surface area (Å²) in [5.74, 6) is -0.435. The van der Waals surface area contributed by atoms with Gasteiger partial charge in [0.1, 0.15) is 0 Å². The molecule has 1 aromatic carbocycles. The number of pyridine rings is 1. The Morgan fingerprint density at radius 3 is 2.86 bits per heavy atom. The van der Waals surface area contributed by atoms with Crippen molar-refractivity contribution in [2.24, 2.45) is 5.73 Å². The number of nitrogens with two attached hydrogens (primary N) is 1. The molecule has 0 aliphatic carbocycles. The van der Waals surface area contributed by atoms with E-state index < -0.39 is 5.91 Å². The third-order valence-corrected chi connectivity index (χ3v) is 2.46. The molecule has 3 nitrogen and oxygen atoms in total. The second-order valence-electron chi connectivity index (χ2n) is 2.88. The number of halogens is 1. The summed E-state index contributed by atoms with van der Waals surface area (Å²) in [6, 6.07) is 7.17. The highest BCUT2D eigenvalue weighted by Gasteiger charge is 2.06. The van der Waals surface area contributed by atoms with Crippen molar-refractivity contribution in [3.05, 3.63) is 40.5 Å². The maximum absolute atomic E-state index is 11.1. The van der Waals surface area contributed by atoms with E-state index in [1.165, 1.54) is 0 Å². The molecule has 0 bridgehead atoms. The first-order valence-corrected chi connectivity index (χ1v) is 4.82. The van der Waals surface area contributed by atoms with Crippen molar-refractivity contribution >= 4 is 32.7 Å². The van der Waals surface area contributed by atoms with Gasteiger partial charge >= 0.3 is 0 Å². The molecule has 1 amide bonds. The molecule has 0 saturated heterocycles. The predicted octanol–water partition coefficient (Wildman–Crippen LogP) is 2.10. The Morgan fingerprint density at radius 2 is 2.14 bits per heavy atom. The number of amides is 1. The molecule has 0 atom stereocenters. The summed E-state index contributed by atoms with van der Waals surface area (Å²) in [7, 11) is 0. The van der Waals surface area contributed by atoms with E-state index in [4.69, 9.17) is 5.73 Å². The second kappa shape index (κ2) is 3.38. The minimum Gasteiger partial charge on any atom is -0.366 e. The molecule has 0 radical (unpaired) electrons. The molecule has 14 heavy (non-hydrogen) atoms. The van der Waals surface area contributed by atoms with Crippen molar-refractivity contribution in [2.45, 2.75) is 0 Å². The zero-order valence-electron chi connectivity index (χ0n) is 7.20. The number of primary amides is 1. The summed E-state index contributed by atoms with van der Waals surface area (Å²) < 4.78 is 0.903. The van der Waals surface area contributed by atoms with E-state index in [2.05, 4.69) is 20.9 Å². The van der Waals surface area contributed by atoms with Gasteiger partial charge in [-0.2, -0.15) is 0 Å². The Hall–Kier alpha value is -1.42. The molecule has 0 saturated carbocycles. The smallest absolute Gasteiger partial charge is 0.249 e. The Balaban J connectivity index is 2.84. The first-order valence-electron chi connectivity index (χ1n) is 4.02. The monoisotopic (exact) mass is 250 g/mol. The number of aromatic nitrogens is 1. The number of carbonyl (C=O) groups is 1. The lowest BCUT2D eigenvalue weighted by atomic mass is 10.1. The van der Waals surface area contributed by atoms with Crippen molar-refractivity contribution in [1.29, 1.82) is 0 Å². The fourth-order valence-electron chi connectivity index (χ4n) is 1.33. The molecule has 0 spiro atoms. The Kier molecular flexibility index (Phi) is 2.21. The first kappa shape index (κ1) is 9.15. The van der Waals surface area contributed by atoms with Crippen LogP contribution in [0.4, 0.5) is 0 Å². The number of carbonyl (C=O) groups excluding carboxylic acids is 1. The maximum atomic E-state index is 11.1. The minimum atomic E-state index is -0.435. The van der Waals surface area contributed by atoms with Gasteiger partial charge in [0.15, 0.2) is 0 Å². The van der Waals surface area contributed by atoms with Crippen molar-refractivity contribution < 1.29 is 4.79 Å². The zero-order valence-corrected chi connectivity index (χ0v) is 8.78. The number of fused-ring (bicyclic) bond motifs is 1. The van der Waals surface area contributed by atoms with E-state index in [1.807, 2.05) is 18.2 Å². The predicted molar refractivity (Wildman–Crippen MR) is 58.0 cm³/mol. The van der Waals surface area contributed by atoms with Gasteiger partial charge in [0.2, 0.25) is 5.91 Å². The largest absolute Gasteiger partial charge is 0.366 e. The molecule has 4 heteroatoms. The van der Waals surface area contributed by atoms with E-state index >= 15 is 0 Å². The van der Waals surface area contributed by atoms with Gasteiger partial charge in [0, 0.05) is 16.1 Å². The lowest BCUT2D eigenvalue weighted by Gasteiger charge is -2.02. The topological polar surface area (TPSA) is 56.0 Å². The van der Waals surface area contributed by atoms with Crippen molar-refractivity contribution in [1.82, 2.24) is 4.98 Å². The van der Waals surface area contributed by atoms with E-state index in [9.17, 15) is 4.79 Å². The quantitative estimate of drug-likeness (QED) is 0.843. The van der Waals surface area contributed by atoms with Crippen LogP contribution in [0.15, 0.2) is 34.9 Å². The third-order valence-electron chi connectivity index (χ3n) is 1.97. The van der Waals surface area contributed by atoms with Gasteiger partial charge < -0.3 is 5.73 Å². The molecular weight excluding hydrogens is 244 g/mol. The number of nitrogens with zero attached hydrogens (tertiary/aromatic N) is 1. The molecule has 1 aromatic heterocycles. The van der Waals surface area contributed by atoms with Crippen LogP contribution in [0.3, 0.4) is 0 Å². The highest BCUT2D eigenvalue weighted by Crippen LogP contribution is 2.20. The Bertz CT molecular complexity index is 510. The third kappa shape index (κ3) is 1.48. The summed E-state index contributed by atoms with van der Waals surface area (Å²) in [6.45, 7) is 0. The molecule has 1 heterocycles. The Morgan fingerprint density at radius 1 is 1.36 bits per heavy atom. The van der Waals surface area contributed by atoms with Crippen LogP contribution in [0.1, 0.15) is 10.4 Å². The SMILES string of the molecule is NC(=O)c1ccnc2ccc(Br)cc12. The molecule has 0 unspecified atom stereocenters. The van der Waals surface area contributed by atoms with E-state index in [-0.39, 0.29) is 0 Å². The summed E-state index contributed by atoms with van der Waals surface area (Å²) in [4.78, 5) is 15.2. The van der Waals surface area contributed by atoms with Crippen LogP contribution >= 0.6 is 15.9 Å². The molecular formula is C10H7BrN2O. The molecule has 70 valence electrons. The fraction of sp³-hybridized carbons (Fsp3) is 0. The van der Waals surface area contributed by atoms with E-state index in [1.54, 1.807) is 12.3 Å². The lowest BCUT2D eigenvalue weighted by molar-refractivity contribution is 0.100. The fourth-order valence-corrected chi connectivity index (χ4v) is 1.69. The highest BCUT2D eigenvalue weighted by molar-refractivity contribution is 9.10. The average molecular weight is 251 g/mol. The molecule has 2 N–H and O–H groups in total. The van der Waals surface area contributed by atoms with Crippen LogP contribution in [-0.4, -0.2) is 10.9 Å². The number of hydrogen-bond acceptors (Lipinski definition) is 2. The van der Waals surface area contributed by atoms with Crippen LogP contribution in [0.5, 0.6) is 0 Å². The molecule has 0 aliphatic rings. The van der Waals surface area contributed by atoms with Crippen molar-refractivity contribution in [3.63, 3.8) is 0 Å². The van der Waals surface area contributed by atoms with Gasteiger partial charge in [-0.1, -0.05) is 15.9 Å². The van der Waals surface area contributed by atoms with Gasteiger partial charge in [0.25, 0.3) is 0 Å². The number of rotatable bonds is 1. The number of hydrogen-bond donors (Lipinski definition) is 1. The van der Waals surface area contributed by atoms with Gasteiger partial charge in [-0.15, -0.1) is 0 Å². The summed E-state index contributed by atoms with van der Waals surface area (Å²) in [5.41, 5.74) is 6.51. The summed E-state index contributed by atoms with van der Waals surface area (Å²) in [5, 5.41) is 0.773. The van der Waals surface area contributed by atoms with Crippen LogP contribution in [0.25, 0.3) is 10.9 Å². The van der Waals surface area contributed by atoms with Crippen LogP contribution in [0, 0.1) is 0 Å². The molecule has 2 aromatic rings. The second-order valence-corrected chi connectivity index (χ2v) is 3.80. The van der Waals surface area contributed by atoms with Gasteiger partial charge in [-0.3, -0.25) is 9.78 Å². The first-order chi connectivity index (χ1) is 6.68. The zero-order chi connectivity index (χ0) is 10.1. The summed E-state index contributed by atoms with van der Waals surface area (Å²) >= 11 is 3.34. The average Bonchev–Trinajstić information content (AvgIpc) is 2.16. The molecule has 0 aliphatic heterocycles. The van der Waals surface area contributed by atoms with Crippen LogP contribution in [-0.2, 0) is 0 Å². The van der Waals surface area contributed by atoms with E-state index in [0.717, 1.165) is 15.4 Å². The van der Waals surface area contributed by atoms with Crippen molar-refractivity contribution in [2.75, 3.05) is 0 Å². The number of benzene rings is 1. The summed E-state index contributed by atoms with van der Waals surface area (Å²) in [6.07, 6.45) is 1.58. The van der Waals surface area contributed by atoms with E-state index in [0.29, 0.717) is 5.56 Å². The normalized spacial score (nSPS) is 10.4. The lowest BCUT2D eigenvalue weighted by Crippen LogP contribution is -2.11. The minimum absolute atomic E-state index is 0.435. The standard InChI is InChI=1S/C10H7BrN2O/c11-6-1-2-9-8(5-6)7(10(12)14)3-4-13-9/h1-5H,(H2,12,14). The highest BCUT2D eigenvalue weighted by atomic mass is 79.9.